The number of nitrogens with one attached hydrogen (secondary N) is 1. The molecule has 0 aliphatic heterocycles. The number of hydrogen-bond donors (Lipinski definition) is 1. The summed E-state index contributed by atoms with van der Waals surface area (Å²) in [5.41, 5.74) is -4.09. The summed E-state index contributed by atoms with van der Waals surface area (Å²) in [4.78, 5) is 23.9. The third-order valence-electron chi connectivity index (χ3n) is 3.80. The lowest BCUT2D eigenvalue weighted by Crippen LogP contribution is -2.45. The minimum absolute atomic E-state index is 0.0801. The molecule has 0 fully saturated rings. The van der Waals surface area contributed by atoms with Gasteiger partial charge < -0.3 is 10.1 Å². The topological polar surface area (TPSA) is 55.4 Å². The number of benzene rings is 1. The van der Waals surface area contributed by atoms with Gasteiger partial charge in [-0.15, -0.1) is 0 Å². The van der Waals surface area contributed by atoms with Crippen LogP contribution in [-0.2, 0) is 21.9 Å². The van der Waals surface area contributed by atoms with Crippen molar-refractivity contribution >= 4 is 11.9 Å². The van der Waals surface area contributed by atoms with E-state index in [-0.39, 0.29) is 6.07 Å². The summed E-state index contributed by atoms with van der Waals surface area (Å²) in [6, 6.07) is -0.685. The number of amides is 1. The number of alkyl halides is 6. The highest BCUT2D eigenvalue weighted by Gasteiger charge is 2.38. The third-order valence-corrected chi connectivity index (χ3v) is 3.80. The fourth-order valence-electron chi connectivity index (χ4n) is 2.11. The summed E-state index contributed by atoms with van der Waals surface area (Å²) >= 11 is 0. The van der Waals surface area contributed by atoms with Crippen LogP contribution in [0.15, 0.2) is 18.2 Å². The first kappa shape index (κ1) is 21.8. The van der Waals surface area contributed by atoms with Crippen LogP contribution in [0.1, 0.15) is 41.8 Å². The Bertz CT molecular complexity index is 637. The maximum Gasteiger partial charge on any atom is 0.416 e. The van der Waals surface area contributed by atoms with E-state index >= 15 is 0 Å². The quantitative estimate of drug-likeness (QED) is 0.615. The molecule has 0 aromatic heterocycles. The van der Waals surface area contributed by atoms with E-state index in [4.69, 9.17) is 0 Å². The molecule has 0 spiro atoms. The van der Waals surface area contributed by atoms with E-state index in [2.05, 4.69) is 10.1 Å². The van der Waals surface area contributed by atoms with Crippen molar-refractivity contribution in [2.45, 2.75) is 38.7 Å². The molecule has 4 nitrogen and oxygen atoms in total. The highest BCUT2D eigenvalue weighted by atomic mass is 19.4. The van der Waals surface area contributed by atoms with Crippen molar-refractivity contribution in [2.75, 3.05) is 7.11 Å². The van der Waals surface area contributed by atoms with Crippen LogP contribution in [0.4, 0.5) is 26.3 Å². The molecule has 0 aliphatic rings. The second-order valence-electron chi connectivity index (χ2n) is 5.65. The fourth-order valence-corrected chi connectivity index (χ4v) is 2.11. The number of carbonyl (C=O) groups is 2. The minimum atomic E-state index is -5.07. The summed E-state index contributed by atoms with van der Waals surface area (Å²) < 4.78 is 81.6. The van der Waals surface area contributed by atoms with Gasteiger partial charge in [0.15, 0.2) is 0 Å². The SMILES string of the molecule is CC[C@@H](C)[C@H](NC(=O)c1cc(C(F)(F)F)cc(C(F)(F)F)c1)C(=O)OC. The van der Waals surface area contributed by atoms with Crippen molar-refractivity contribution < 1.29 is 40.7 Å². The van der Waals surface area contributed by atoms with E-state index < -0.39 is 52.9 Å². The molecule has 0 saturated heterocycles. The first-order chi connectivity index (χ1) is 11.8. The predicted molar refractivity (Wildman–Crippen MR) is 79.2 cm³/mol. The molecular formula is C16H17F6NO3. The highest BCUT2D eigenvalue weighted by Crippen LogP contribution is 2.36. The lowest BCUT2D eigenvalue weighted by molar-refractivity contribution is -0.145. The number of methoxy groups -OCH3 is 1. The summed E-state index contributed by atoms with van der Waals surface area (Å²) in [6.07, 6.45) is -9.74. The van der Waals surface area contributed by atoms with Crippen LogP contribution in [0.5, 0.6) is 0 Å². The van der Waals surface area contributed by atoms with Crippen LogP contribution >= 0.6 is 0 Å². The van der Waals surface area contributed by atoms with Gasteiger partial charge in [-0.2, -0.15) is 26.3 Å². The lowest BCUT2D eigenvalue weighted by Gasteiger charge is -2.22. The first-order valence-electron chi connectivity index (χ1n) is 7.49. The van der Waals surface area contributed by atoms with Gasteiger partial charge >= 0.3 is 18.3 Å². The van der Waals surface area contributed by atoms with Gasteiger partial charge in [0.25, 0.3) is 5.91 Å². The third kappa shape index (κ3) is 5.37. The van der Waals surface area contributed by atoms with Crippen LogP contribution in [0.25, 0.3) is 0 Å². The number of ether oxygens (including phenoxy) is 1. The van der Waals surface area contributed by atoms with Gasteiger partial charge in [0, 0.05) is 5.56 Å². The van der Waals surface area contributed by atoms with Gasteiger partial charge in [0.05, 0.1) is 18.2 Å². The zero-order valence-electron chi connectivity index (χ0n) is 14.1. The molecule has 1 aromatic carbocycles. The lowest BCUT2D eigenvalue weighted by atomic mass is 9.98. The summed E-state index contributed by atoms with van der Waals surface area (Å²) in [6.45, 7) is 3.27. The van der Waals surface area contributed by atoms with Crippen molar-refractivity contribution in [3.63, 3.8) is 0 Å². The average Bonchev–Trinajstić information content (AvgIpc) is 2.56. The molecule has 2 atom stereocenters. The fraction of sp³-hybridized carbons (Fsp3) is 0.500. The zero-order valence-corrected chi connectivity index (χ0v) is 14.1. The summed E-state index contributed by atoms with van der Waals surface area (Å²) in [7, 11) is 1.05. The Morgan fingerprint density at radius 2 is 1.50 bits per heavy atom. The molecule has 0 aliphatic carbocycles. The summed E-state index contributed by atoms with van der Waals surface area (Å²) in [5.74, 6) is -2.53. The van der Waals surface area contributed by atoms with Gasteiger partial charge in [-0.3, -0.25) is 4.79 Å². The van der Waals surface area contributed by atoms with E-state index in [1.165, 1.54) is 0 Å². The molecular weight excluding hydrogens is 368 g/mol. The van der Waals surface area contributed by atoms with Crippen molar-refractivity contribution in [3.8, 4) is 0 Å². The molecule has 1 amide bonds. The zero-order chi connectivity index (χ0) is 20.3. The van der Waals surface area contributed by atoms with Crippen LogP contribution in [0, 0.1) is 5.92 Å². The smallest absolute Gasteiger partial charge is 0.416 e. The Hall–Kier alpha value is -2.26. The number of carbonyl (C=O) groups excluding carboxylic acids is 2. The number of rotatable bonds is 5. The van der Waals surface area contributed by atoms with E-state index in [1.54, 1.807) is 13.8 Å². The number of halogens is 6. The standard InChI is InChI=1S/C16H17F6NO3/c1-4-8(2)12(14(25)26-3)23-13(24)9-5-10(15(17,18)19)7-11(6-9)16(20,21)22/h5-8,12H,4H2,1-3H3,(H,23,24)/t8-,12+/m1/s1. The molecule has 1 aromatic rings. The Morgan fingerprint density at radius 1 is 1.04 bits per heavy atom. The van der Waals surface area contributed by atoms with E-state index in [0.29, 0.717) is 18.6 Å². The Labute approximate surface area is 145 Å². The molecule has 1 rings (SSSR count). The van der Waals surface area contributed by atoms with Gasteiger partial charge in [0.2, 0.25) is 0 Å². The Kier molecular flexibility index (Phi) is 6.67. The molecule has 0 unspecified atom stereocenters. The Morgan fingerprint density at radius 3 is 1.85 bits per heavy atom. The normalized spacial score (nSPS) is 14.5. The molecule has 0 radical (unpaired) electrons. The Balaban J connectivity index is 3.31. The van der Waals surface area contributed by atoms with Gasteiger partial charge in [-0.1, -0.05) is 20.3 Å². The van der Waals surface area contributed by atoms with Crippen molar-refractivity contribution in [1.82, 2.24) is 5.32 Å². The number of hydrogen-bond acceptors (Lipinski definition) is 3. The first-order valence-corrected chi connectivity index (χ1v) is 7.49. The maximum absolute atomic E-state index is 12.9. The predicted octanol–water partition coefficient (Wildman–Crippen LogP) is 4.04. The average molecular weight is 385 g/mol. The molecule has 26 heavy (non-hydrogen) atoms. The molecule has 10 heteroatoms. The van der Waals surface area contributed by atoms with Crippen LogP contribution in [0.2, 0.25) is 0 Å². The summed E-state index contributed by atoms with van der Waals surface area (Å²) in [5, 5.41) is 2.14. The van der Waals surface area contributed by atoms with E-state index in [9.17, 15) is 35.9 Å². The van der Waals surface area contributed by atoms with Crippen LogP contribution < -0.4 is 5.32 Å². The second kappa shape index (κ2) is 7.96. The largest absolute Gasteiger partial charge is 0.467 e. The van der Waals surface area contributed by atoms with Crippen molar-refractivity contribution in [3.05, 3.63) is 34.9 Å². The molecule has 1 N–H and O–H groups in total. The van der Waals surface area contributed by atoms with Crippen LogP contribution in [0.3, 0.4) is 0 Å². The van der Waals surface area contributed by atoms with Gasteiger partial charge in [-0.05, 0) is 24.1 Å². The van der Waals surface area contributed by atoms with Gasteiger partial charge in [0.1, 0.15) is 6.04 Å². The molecule has 0 heterocycles. The van der Waals surface area contributed by atoms with E-state index in [1.807, 2.05) is 0 Å². The molecule has 146 valence electrons. The van der Waals surface area contributed by atoms with Crippen molar-refractivity contribution in [2.24, 2.45) is 5.92 Å². The highest BCUT2D eigenvalue weighted by molar-refractivity contribution is 5.97. The van der Waals surface area contributed by atoms with Gasteiger partial charge in [-0.25, -0.2) is 4.79 Å². The number of esters is 1. The molecule has 0 bridgehead atoms. The maximum atomic E-state index is 12.9. The monoisotopic (exact) mass is 385 g/mol. The minimum Gasteiger partial charge on any atom is -0.467 e. The second-order valence-corrected chi connectivity index (χ2v) is 5.65. The van der Waals surface area contributed by atoms with Crippen molar-refractivity contribution in [1.29, 1.82) is 0 Å². The molecule has 0 saturated carbocycles. The van der Waals surface area contributed by atoms with E-state index in [0.717, 1.165) is 7.11 Å². The van der Waals surface area contributed by atoms with Crippen LogP contribution in [-0.4, -0.2) is 25.0 Å².